The minimum atomic E-state index is -6.06. The molecule has 0 spiro atoms. The van der Waals surface area contributed by atoms with Gasteiger partial charge in [-0.05, 0) is 37.5 Å². The number of unbranched alkanes of at least 4 members (excludes halogenated alkanes) is 1. The normalized spacial score (nSPS) is 33.9. The highest BCUT2D eigenvalue weighted by Crippen LogP contribution is 2.41. The van der Waals surface area contributed by atoms with Crippen LogP contribution in [0.4, 0.5) is 11.4 Å². The number of aliphatic hydroxyl groups is 9. The molecule has 6 rings (SSSR count). The first kappa shape index (κ1) is 82.8. The van der Waals surface area contributed by atoms with Gasteiger partial charge in [0.1, 0.15) is 97.5 Å². The molecule has 5 fully saturated rings. The molecular formula is C48H74N4O40S6. The minimum Gasteiger partial charge on any atom is -0.479 e. The SMILES string of the molecule is CC(=O)N[C@H]1[C@H](O[C@H]2[C@H](O)[C@@H](OS(=O)(=O)O)[C@H](O[C@H]3[C@@H](O)[C@@H](COS(=O)(=O)O)O[C@@H](OC[C@@H](O)[C@@H](O)[C@H](O)[C@@H](O)CNc4cccc(NC(=O)CCCCC5CCSS5)c4)[C@@H]3NC(C)=O)O[C@@H]2C(=O)O)O[C@H](COS(=O)(=O)O)[C@H](OS(=O)(=O)O)[C@@H]1O[C@@H]1O[C@H](C(=O)O)[C@@H](O)[C@H](O)[C@H]1O. The van der Waals surface area contributed by atoms with Gasteiger partial charge >= 0.3 is 53.5 Å². The van der Waals surface area contributed by atoms with Crippen LogP contribution in [-0.4, -0.2) is 322 Å². The van der Waals surface area contributed by atoms with E-state index in [-0.39, 0.29) is 12.3 Å². The van der Waals surface area contributed by atoms with Crippen LogP contribution in [-0.2, 0) is 120 Å². The quantitative estimate of drug-likeness (QED) is 0.0170. The molecule has 0 aromatic heterocycles. The third-order valence-corrected chi connectivity index (χ3v) is 19.7. The molecule has 5 heterocycles. The summed E-state index contributed by atoms with van der Waals surface area (Å²) >= 11 is 0. The second-order valence-corrected chi connectivity index (χ2v) is 29.3. The largest absolute Gasteiger partial charge is 0.479 e. The molecule has 44 nitrogen and oxygen atoms in total. The van der Waals surface area contributed by atoms with E-state index in [1.54, 1.807) is 12.1 Å². The van der Waals surface area contributed by atoms with Crippen molar-refractivity contribution in [3.63, 3.8) is 0 Å². The summed E-state index contributed by atoms with van der Waals surface area (Å²) in [5.41, 5.74) is 0.681. The van der Waals surface area contributed by atoms with E-state index in [2.05, 4.69) is 32.7 Å². The first-order chi connectivity index (χ1) is 45.5. The number of amides is 3. The lowest BCUT2D eigenvalue weighted by molar-refractivity contribution is -0.366. The number of carboxylic acid groups (broad SMARTS) is 2. The number of carbonyl (C=O) groups is 5. The highest BCUT2D eigenvalue weighted by atomic mass is 33.1. The number of ether oxygens (including phenoxy) is 8. The van der Waals surface area contributed by atoms with Crippen molar-refractivity contribution in [1.29, 1.82) is 0 Å². The summed E-state index contributed by atoms with van der Waals surface area (Å²) in [7, 11) is -19.5. The molecule has 3 amide bonds. The number of aliphatic carboxylic acids is 2. The summed E-state index contributed by atoms with van der Waals surface area (Å²) < 4.78 is 198. The van der Waals surface area contributed by atoms with E-state index >= 15 is 0 Å². The molecule has 25 atom stereocenters. The van der Waals surface area contributed by atoms with Crippen LogP contribution in [0.15, 0.2) is 24.3 Å². The highest BCUT2D eigenvalue weighted by molar-refractivity contribution is 8.77. The number of hydrogen-bond donors (Lipinski definition) is 19. The van der Waals surface area contributed by atoms with E-state index < -0.39 is 239 Å². The zero-order valence-corrected chi connectivity index (χ0v) is 55.6. The fourth-order valence-electron chi connectivity index (χ4n) is 10.4. The Morgan fingerprint density at radius 1 is 0.582 bits per heavy atom. The first-order valence-corrected chi connectivity index (χ1v) is 36.6. The average molecular weight is 1540 g/mol. The molecule has 98 heavy (non-hydrogen) atoms. The standard InChI is InChI=1S/C48H74N4O40S6/c1-17(53)50-27-37(31(60)24(15-82-95(69,70)71)84-45(27)81-14-23(56)30(59)29(58)22(55)13-49-19-6-5-7-20(12-19)52-26(57)9-4-3-8-21-10-11-93-94-21)86-48-41(92-98(78,79)80)35(64)39(42(90-48)44(67)68)88-46-28(51-18(2)54)38(87-47-34(63)32(61)33(62)40(89-47)43(65)66)36(91-97(75,76)77)25(85-46)16-83-96(72,73)74/h5-7,12,21-25,27-42,45-49,55-56,58-64H,3-4,8-11,13-16H2,1-2H3,(H,50,53)(H,51,54)(H,52,57)(H,65,66)(H,67,68)(H,69,70,71)(H,72,73,74)(H,75,76,77)(H,78,79,80)/t21?,22-,23+,24+,25+,27+,28+,29+,30+,31-,32-,33-,34+,35-,36-,37+,38+,39-,40-,41+,42-,45+,46-,47+,48+/m0/s1. The van der Waals surface area contributed by atoms with Crippen molar-refractivity contribution in [2.75, 3.05) is 42.8 Å². The van der Waals surface area contributed by atoms with E-state index in [9.17, 15) is 132 Å². The van der Waals surface area contributed by atoms with Crippen LogP contribution < -0.4 is 21.3 Å². The molecule has 0 radical (unpaired) electrons. The van der Waals surface area contributed by atoms with Crippen molar-refractivity contribution in [1.82, 2.24) is 10.6 Å². The molecule has 562 valence electrons. The van der Waals surface area contributed by atoms with Crippen molar-refractivity contribution >= 4 is 104 Å². The Balaban J connectivity index is 1.27. The smallest absolute Gasteiger partial charge is 0.397 e. The molecule has 1 aromatic carbocycles. The Kier molecular flexibility index (Phi) is 30.3. The van der Waals surface area contributed by atoms with Gasteiger partial charge in [-0.1, -0.05) is 34.1 Å². The number of nitrogens with one attached hydrogen (secondary N) is 4. The monoisotopic (exact) mass is 1540 g/mol. The van der Waals surface area contributed by atoms with Crippen LogP contribution in [0.3, 0.4) is 0 Å². The van der Waals surface area contributed by atoms with E-state index in [4.69, 9.17) is 37.9 Å². The van der Waals surface area contributed by atoms with Gasteiger partial charge in [-0.3, -0.25) is 32.6 Å². The summed E-state index contributed by atoms with van der Waals surface area (Å²) in [6.07, 6.45) is -53.2. The number of carboxylic acids is 2. The molecule has 19 N–H and O–H groups in total. The lowest BCUT2D eigenvalue weighted by atomic mass is 9.94. The van der Waals surface area contributed by atoms with E-state index in [1.807, 2.05) is 26.9 Å². The topological polar surface area (TPSA) is 684 Å². The lowest BCUT2D eigenvalue weighted by Crippen LogP contribution is -2.71. The molecule has 0 aliphatic carbocycles. The average Bonchev–Trinajstić information content (AvgIpc) is 0.771. The van der Waals surface area contributed by atoms with Crippen LogP contribution in [0.2, 0.25) is 0 Å². The number of benzene rings is 1. The predicted octanol–water partition coefficient (Wildman–Crippen LogP) is -7.74. The van der Waals surface area contributed by atoms with Crippen LogP contribution in [0, 0.1) is 0 Å². The fraction of sp³-hybridized carbons (Fsp3) is 0.771. The summed E-state index contributed by atoms with van der Waals surface area (Å²) in [6, 6.07) is 1.47. The second-order valence-electron chi connectivity index (χ2n) is 22.3. The molecule has 5 aliphatic heterocycles. The fourth-order valence-corrected chi connectivity index (χ4v) is 15.1. The van der Waals surface area contributed by atoms with Crippen molar-refractivity contribution in [2.24, 2.45) is 0 Å². The lowest BCUT2D eigenvalue weighted by Gasteiger charge is -2.50. The van der Waals surface area contributed by atoms with Gasteiger partial charge in [-0.25, -0.2) is 26.3 Å². The summed E-state index contributed by atoms with van der Waals surface area (Å²) in [5, 5.41) is 130. The van der Waals surface area contributed by atoms with Crippen molar-refractivity contribution in [3.8, 4) is 0 Å². The van der Waals surface area contributed by atoms with Gasteiger partial charge in [0, 0.05) is 49.2 Å². The molecule has 0 bridgehead atoms. The molecule has 0 saturated carbocycles. The van der Waals surface area contributed by atoms with Gasteiger partial charge in [0.05, 0.1) is 25.9 Å². The molecule has 5 aliphatic rings. The maximum atomic E-state index is 13.3. The highest BCUT2D eigenvalue weighted by Gasteiger charge is 2.60. The van der Waals surface area contributed by atoms with Crippen LogP contribution in [0.1, 0.15) is 46.0 Å². The maximum absolute atomic E-state index is 13.3. The number of anilines is 2. The molecule has 5 saturated heterocycles. The van der Waals surface area contributed by atoms with Gasteiger partial charge < -0.3 is 115 Å². The van der Waals surface area contributed by atoms with Gasteiger partial charge in [0.2, 0.25) is 17.7 Å². The van der Waals surface area contributed by atoms with Crippen LogP contribution in [0.25, 0.3) is 0 Å². The van der Waals surface area contributed by atoms with Crippen molar-refractivity contribution < 1.29 is 187 Å². The summed E-state index contributed by atoms with van der Waals surface area (Å²) in [4.78, 5) is 63.8. The second kappa shape index (κ2) is 35.8. The Bertz CT molecular complexity index is 3320. The summed E-state index contributed by atoms with van der Waals surface area (Å²) in [6.45, 7) is -3.52. The molecule has 50 heteroatoms. The predicted molar refractivity (Wildman–Crippen MR) is 318 cm³/mol. The zero-order chi connectivity index (χ0) is 73.1. The number of aliphatic hydroxyl groups excluding tert-OH is 9. The van der Waals surface area contributed by atoms with Gasteiger partial charge in [-0.15, -0.1) is 0 Å². The first-order valence-electron chi connectivity index (χ1n) is 28.8. The summed E-state index contributed by atoms with van der Waals surface area (Å²) in [5.74, 6) is -6.00. The number of carbonyl (C=O) groups excluding carboxylic acids is 3. The molecule has 1 aromatic rings. The molecular weight excluding hydrogens is 1460 g/mol. The minimum absolute atomic E-state index is 0.254. The maximum Gasteiger partial charge on any atom is 0.397 e. The Morgan fingerprint density at radius 3 is 1.69 bits per heavy atom. The van der Waals surface area contributed by atoms with Crippen LogP contribution in [0.5, 0.6) is 0 Å². The van der Waals surface area contributed by atoms with Crippen molar-refractivity contribution in [2.45, 2.75) is 198 Å². The van der Waals surface area contributed by atoms with Gasteiger partial charge in [0.25, 0.3) is 0 Å². The number of rotatable bonds is 35. The van der Waals surface area contributed by atoms with Gasteiger partial charge in [0.15, 0.2) is 43.5 Å². The zero-order valence-electron chi connectivity index (χ0n) is 50.7. The Labute approximate surface area is 564 Å². The van der Waals surface area contributed by atoms with E-state index in [1.165, 1.54) is 12.1 Å². The van der Waals surface area contributed by atoms with Crippen molar-refractivity contribution in [3.05, 3.63) is 24.3 Å². The Morgan fingerprint density at radius 2 is 1.12 bits per heavy atom. The van der Waals surface area contributed by atoms with E-state index in [0.717, 1.165) is 31.9 Å². The Hall–Kier alpha value is -4.13. The van der Waals surface area contributed by atoms with Gasteiger partial charge in [-0.2, -0.15) is 33.7 Å². The molecule has 1 unspecified atom stereocenters. The third-order valence-electron chi connectivity index (χ3n) is 14.9. The van der Waals surface area contributed by atoms with Crippen LogP contribution >= 0.6 is 21.6 Å². The van der Waals surface area contributed by atoms with E-state index in [0.29, 0.717) is 30.0 Å². The third kappa shape index (κ3) is 24.5. The number of hydrogen-bond acceptors (Lipinski definition) is 37.